The fourth-order valence-electron chi connectivity index (χ4n) is 0.448. The molecule has 0 aromatic rings. The molecule has 0 amide bonds. The van der Waals surface area contributed by atoms with Crippen LogP contribution < -0.4 is 0 Å². The third-order valence-corrected chi connectivity index (χ3v) is 0.954. The zero-order valence-corrected chi connectivity index (χ0v) is 6.75. The monoisotopic (exact) mass is 148 g/mol. The van der Waals surface area contributed by atoms with E-state index in [4.69, 9.17) is 0 Å². The largest absolute Gasteiger partial charge is 0.260 e. The van der Waals surface area contributed by atoms with Gasteiger partial charge in [0.15, 0.2) is 0 Å². The van der Waals surface area contributed by atoms with E-state index < -0.39 is 0 Å². The molecule has 0 bridgehead atoms. The molecule has 0 rings (SSSR count). The molecule has 0 saturated heterocycles. The molecule has 11 heavy (non-hydrogen) atoms. The molecule has 0 spiro atoms. The van der Waals surface area contributed by atoms with Gasteiger partial charge in [0.25, 0.3) is 0 Å². The van der Waals surface area contributed by atoms with Gasteiger partial charge in [-0.15, -0.1) is 0 Å². The van der Waals surface area contributed by atoms with E-state index in [2.05, 4.69) is 29.7 Å². The van der Waals surface area contributed by atoms with Crippen LogP contribution in [0, 0.1) is 0 Å². The summed E-state index contributed by atoms with van der Waals surface area (Å²) in [5.74, 6) is 0. The fraction of sp³-hybridized carbons (Fsp3) is 0.111. The molecule has 0 heterocycles. The van der Waals surface area contributed by atoms with Crippen LogP contribution >= 0.6 is 0 Å². The van der Waals surface area contributed by atoms with Crippen molar-refractivity contribution in [3.05, 3.63) is 37.2 Å². The Hall–Kier alpha value is -1.44. The van der Waals surface area contributed by atoms with Crippen LogP contribution in [-0.2, 0) is 0 Å². The summed E-state index contributed by atoms with van der Waals surface area (Å²) < 4.78 is 0. The number of aliphatic imine (C=N–C) groups is 2. The fourth-order valence-corrected chi connectivity index (χ4v) is 0.448. The zero-order chi connectivity index (χ0) is 8.69. The van der Waals surface area contributed by atoms with Crippen LogP contribution in [0.25, 0.3) is 0 Å². The minimum Gasteiger partial charge on any atom is -0.260 e. The third kappa shape index (κ3) is 4.03. The average molecular weight is 148 g/mol. The summed E-state index contributed by atoms with van der Waals surface area (Å²) >= 11 is 0. The van der Waals surface area contributed by atoms with E-state index in [0.717, 1.165) is 0 Å². The number of rotatable bonds is 4. The van der Waals surface area contributed by atoms with Crippen molar-refractivity contribution in [2.45, 2.75) is 6.92 Å². The van der Waals surface area contributed by atoms with Gasteiger partial charge < -0.3 is 0 Å². The summed E-state index contributed by atoms with van der Waals surface area (Å²) in [6.07, 6.45) is 4.78. The summed E-state index contributed by atoms with van der Waals surface area (Å²) in [6.45, 7) is 12.6. The minimum atomic E-state index is 0.558. The molecule has 0 aliphatic carbocycles. The molecule has 2 nitrogen and oxygen atoms in total. The molecule has 0 aromatic heterocycles. The van der Waals surface area contributed by atoms with Crippen LogP contribution in [0.1, 0.15) is 6.92 Å². The van der Waals surface area contributed by atoms with Crippen molar-refractivity contribution < 1.29 is 0 Å². The zero-order valence-electron chi connectivity index (χ0n) is 6.75. The molecule has 0 saturated carbocycles. The van der Waals surface area contributed by atoms with Crippen molar-refractivity contribution in [1.29, 1.82) is 0 Å². The minimum absolute atomic E-state index is 0.558. The molecular formula is C9H12N2. The second-order valence-corrected chi connectivity index (χ2v) is 1.79. The summed E-state index contributed by atoms with van der Waals surface area (Å²) in [7, 11) is 0. The lowest BCUT2D eigenvalue weighted by molar-refractivity contribution is 1.28. The quantitative estimate of drug-likeness (QED) is 0.432. The average Bonchev–Trinajstić information content (AvgIpc) is 2.00. The van der Waals surface area contributed by atoms with Crippen LogP contribution in [-0.4, -0.2) is 12.4 Å². The Morgan fingerprint density at radius 1 is 1.18 bits per heavy atom. The Kier molecular flexibility index (Phi) is 4.65. The Morgan fingerprint density at radius 3 is 2.18 bits per heavy atom. The van der Waals surface area contributed by atoms with E-state index in [-0.39, 0.29) is 0 Å². The number of hydrogen-bond acceptors (Lipinski definition) is 2. The number of hydrogen-bond donors (Lipinski definition) is 0. The second kappa shape index (κ2) is 5.35. The topological polar surface area (TPSA) is 24.7 Å². The third-order valence-electron chi connectivity index (χ3n) is 0.954. The van der Waals surface area contributed by atoms with Crippen LogP contribution in [0.15, 0.2) is 47.2 Å². The molecule has 0 atom stereocenters. The molecule has 0 fully saturated rings. The smallest absolute Gasteiger partial charge is 0.0808 e. The summed E-state index contributed by atoms with van der Waals surface area (Å²) in [4.78, 5) is 7.82. The van der Waals surface area contributed by atoms with E-state index in [1.165, 1.54) is 0 Å². The first kappa shape index (κ1) is 9.56. The maximum absolute atomic E-state index is 3.91. The van der Waals surface area contributed by atoms with Gasteiger partial charge in [0, 0.05) is 12.4 Å². The maximum Gasteiger partial charge on any atom is 0.0808 e. The maximum atomic E-state index is 3.91. The van der Waals surface area contributed by atoms with Gasteiger partial charge in [0.05, 0.1) is 11.4 Å². The highest BCUT2D eigenvalue weighted by Gasteiger charge is 1.90. The lowest BCUT2D eigenvalue weighted by atomic mass is 10.4. The molecule has 0 aromatic carbocycles. The summed E-state index contributed by atoms with van der Waals surface area (Å²) in [6, 6.07) is 0. The van der Waals surface area contributed by atoms with Gasteiger partial charge in [-0.05, 0) is 6.92 Å². The summed E-state index contributed by atoms with van der Waals surface area (Å²) in [5.41, 5.74) is 1.13. The molecule has 0 aliphatic rings. The Bertz CT molecular complexity index is 222. The van der Waals surface area contributed by atoms with Crippen LogP contribution in [0.2, 0.25) is 0 Å². The van der Waals surface area contributed by atoms with Gasteiger partial charge >= 0.3 is 0 Å². The highest BCUT2D eigenvalue weighted by atomic mass is 14.8. The van der Waals surface area contributed by atoms with E-state index in [1.807, 2.05) is 6.92 Å². The van der Waals surface area contributed by atoms with Crippen molar-refractivity contribution >= 4 is 12.4 Å². The standard InChI is InChI=1S/C9H12N2/c1-5-7-11-9(4)8(3)10-6-2/h5-7H,1,3-4H2,2H3. The van der Waals surface area contributed by atoms with Crippen molar-refractivity contribution in [2.75, 3.05) is 0 Å². The van der Waals surface area contributed by atoms with Crippen LogP contribution in [0.5, 0.6) is 0 Å². The number of nitrogens with zero attached hydrogens (tertiary/aromatic N) is 2. The van der Waals surface area contributed by atoms with E-state index in [0.29, 0.717) is 11.4 Å². The normalized spacial score (nSPS) is 10.6. The lowest BCUT2D eigenvalue weighted by Crippen LogP contribution is -1.79. The lowest BCUT2D eigenvalue weighted by Gasteiger charge is -1.94. The van der Waals surface area contributed by atoms with Crippen LogP contribution in [0.4, 0.5) is 0 Å². The SMILES string of the molecule is C=CC=NC(=C)C(=C)N=CC. The number of allylic oxidation sites excluding steroid dienone is 1. The molecule has 2 heteroatoms. The van der Waals surface area contributed by atoms with Gasteiger partial charge in [0.2, 0.25) is 0 Å². The van der Waals surface area contributed by atoms with Gasteiger partial charge in [-0.2, -0.15) is 0 Å². The molecule has 0 N–H and O–H groups in total. The molecular weight excluding hydrogens is 136 g/mol. The summed E-state index contributed by atoms with van der Waals surface area (Å²) in [5, 5.41) is 0. The van der Waals surface area contributed by atoms with Gasteiger partial charge in [-0.25, -0.2) is 0 Å². The highest BCUT2D eigenvalue weighted by Crippen LogP contribution is 2.05. The second-order valence-electron chi connectivity index (χ2n) is 1.79. The molecule has 0 unspecified atom stereocenters. The van der Waals surface area contributed by atoms with E-state index >= 15 is 0 Å². The van der Waals surface area contributed by atoms with Gasteiger partial charge in [-0.1, -0.05) is 25.8 Å². The van der Waals surface area contributed by atoms with Crippen LogP contribution in [0.3, 0.4) is 0 Å². The van der Waals surface area contributed by atoms with Crippen molar-refractivity contribution in [3.63, 3.8) is 0 Å². The first-order chi connectivity index (χ1) is 5.22. The van der Waals surface area contributed by atoms with Crippen molar-refractivity contribution in [2.24, 2.45) is 9.98 Å². The van der Waals surface area contributed by atoms with Gasteiger partial charge in [-0.3, -0.25) is 9.98 Å². The van der Waals surface area contributed by atoms with Crippen molar-refractivity contribution in [3.8, 4) is 0 Å². The predicted molar refractivity (Wildman–Crippen MR) is 51.1 cm³/mol. The Morgan fingerprint density at radius 2 is 1.73 bits per heavy atom. The predicted octanol–water partition coefficient (Wildman–Crippen LogP) is 2.36. The Balaban J connectivity index is 4.14. The Labute approximate surface area is 67.4 Å². The van der Waals surface area contributed by atoms with E-state index in [9.17, 15) is 0 Å². The molecule has 58 valence electrons. The van der Waals surface area contributed by atoms with E-state index in [1.54, 1.807) is 18.5 Å². The first-order valence-electron chi connectivity index (χ1n) is 3.24. The first-order valence-corrected chi connectivity index (χ1v) is 3.24. The van der Waals surface area contributed by atoms with Crippen molar-refractivity contribution in [1.82, 2.24) is 0 Å². The molecule has 0 radical (unpaired) electrons. The molecule has 0 aliphatic heterocycles. The van der Waals surface area contributed by atoms with Gasteiger partial charge in [0.1, 0.15) is 0 Å². The highest BCUT2D eigenvalue weighted by molar-refractivity contribution is 5.72.